The number of benzene rings is 1. The van der Waals surface area contributed by atoms with Crippen molar-refractivity contribution in [3.05, 3.63) is 45.7 Å². The van der Waals surface area contributed by atoms with E-state index in [1.807, 2.05) is 16.7 Å². The van der Waals surface area contributed by atoms with Crippen LogP contribution >= 0.6 is 0 Å². The highest BCUT2D eigenvalue weighted by atomic mass is 16.2. The molecule has 1 N–H and O–H groups in total. The molecule has 0 saturated heterocycles. The predicted octanol–water partition coefficient (Wildman–Crippen LogP) is 1.48. The summed E-state index contributed by atoms with van der Waals surface area (Å²) in [5.41, 5.74) is 2.19. The SMILES string of the molecule is CNC(=O)c1cn2c3c(cccc3c1=O)C[C@@H]2C. The summed E-state index contributed by atoms with van der Waals surface area (Å²) in [4.78, 5) is 24.0. The lowest BCUT2D eigenvalue weighted by atomic mass is 10.1. The minimum absolute atomic E-state index is 0.184. The van der Waals surface area contributed by atoms with Gasteiger partial charge in [-0.15, -0.1) is 0 Å². The maximum absolute atomic E-state index is 12.3. The standard InChI is InChI=1S/C14H14N2O2/c1-8-6-9-4-3-5-10-12(9)16(8)7-11(13(10)17)14(18)15-2/h3-5,7-8H,6H2,1-2H3,(H,15,18)/t8-/m0/s1. The molecule has 1 aromatic carbocycles. The number of hydrogen-bond donors (Lipinski definition) is 1. The van der Waals surface area contributed by atoms with Crippen molar-refractivity contribution in [2.24, 2.45) is 0 Å². The third-order valence-corrected chi connectivity index (χ3v) is 3.60. The van der Waals surface area contributed by atoms with Gasteiger partial charge in [-0.2, -0.15) is 0 Å². The minimum atomic E-state index is -0.324. The molecular weight excluding hydrogens is 228 g/mol. The average Bonchev–Trinajstić information content (AvgIpc) is 2.70. The third-order valence-electron chi connectivity index (χ3n) is 3.60. The van der Waals surface area contributed by atoms with Gasteiger partial charge in [0.15, 0.2) is 0 Å². The highest BCUT2D eigenvalue weighted by Crippen LogP contribution is 2.30. The van der Waals surface area contributed by atoms with Crippen LogP contribution in [-0.2, 0) is 6.42 Å². The molecule has 18 heavy (non-hydrogen) atoms. The summed E-state index contributed by atoms with van der Waals surface area (Å²) >= 11 is 0. The Hall–Kier alpha value is -2.10. The lowest BCUT2D eigenvalue weighted by molar-refractivity contribution is 0.0961. The first-order valence-electron chi connectivity index (χ1n) is 6.02. The highest BCUT2D eigenvalue weighted by molar-refractivity contribution is 5.98. The Morgan fingerprint density at radius 1 is 1.44 bits per heavy atom. The largest absolute Gasteiger partial charge is 0.355 e. The normalized spacial score (nSPS) is 17.1. The van der Waals surface area contributed by atoms with Crippen molar-refractivity contribution in [2.45, 2.75) is 19.4 Å². The zero-order valence-electron chi connectivity index (χ0n) is 10.4. The van der Waals surface area contributed by atoms with Crippen LogP contribution in [0.4, 0.5) is 0 Å². The van der Waals surface area contributed by atoms with Crippen molar-refractivity contribution < 1.29 is 4.79 Å². The van der Waals surface area contributed by atoms with Crippen LogP contribution in [0.1, 0.15) is 28.9 Å². The number of amides is 1. The van der Waals surface area contributed by atoms with E-state index in [9.17, 15) is 9.59 Å². The summed E-state index contributed by atoms with van der Waals surface area (Å²) in [5, 5.41) is 3.15. The Labute approximate surface area is 104 Å². The van der Waals surface area contributed by atoms with E-state index in [1.54, 1.807) is 12.3 Å². The summed E-state index contributed by atoms with van der Waals surface area (Å²) in [5.74, 6) is -0.324. The molecule has 3 rings (SSSR count). The Morgan fingerprint density at radius 2 is 2.22 bits per heavy atom. The Kier molecular flexibility index (Phi) is 2.26. The van der Waals surface area contributed by atoms with E-state index in [0.717, 1.165) is 11.9 Å². The lowest BCUT2D eigenvalue weighted by Gasteiger charge is -2.11. The highest BCUT2D eigenvalue weighted by Gasteiger charge is 2.23. The van der Waals surface area contributed by atoms with Crippen molar-refractivity contribution in [2.75, 3.05) is 7.05 Å². The van der Waals surface area contributed by atoms with E-state index in [1.165, 1.54) is 12.6 Å². The monoisotopic (exact) mass is 242 g/mol. The van der Waals surface area contributed by atoms with Gasteiger partial charge in [-0.05, 0) is 25.0 Å². The van der Waals surface area contributed by atoms with Crippen LogP contribution in [0.15, 0.2) is 29.2 Å². The molecule has 1 amide bonds. The molecule has 92 valence electrons. The van der Waals surface area contributed by atoms with E-state index >= 15 is 0 Å². The first-order chi connectivity index (χ1) is 8.63. The van der Waals surface area contributed by atoms with Crippen molar-refractivity contribution >= 4 is 16.8 Å². The third kappa shape index (κ3) is 1.32. The number of pyridine rings is 1. The van der Waals surface area contributed by atoms with Crippen LogP contribution in [0.25, 0.3) is 10.9 Å². The molecule has 0 saturated carbocycles. The number of nitrogens with one attached hydrogen (secondary N) is 1. The molecule has 1 aliphatic heterocycles. The number of nitrogens with zero attached hydrogens (tertiary/aromatic N) is 1. The number of carbonyl (C=O) groups is 1. The molecule has 0 aliphatic carbocycles. The first kappa shape index (κ1) is 11.0. The maximum atomic E-state index is 12.3. The van der Waals surface area contributed by atoms with Crippen LogP contribution in [0.2, 0.25) is 0 Å². The van der Waals surface area contributed by atoms with Crippen molar-refractivity contribution in [1.82, 2.24) is 9.88 Å². The van der Waals surface area contributed by atoms with Gasteiger partial charge >= 0.3 is 0 Å². The molecular formula is C14H14N2O2. The average molecular weight is 242 g/mol. The molecule has 1 aromatic heterocycles. The smallest absolute Gasteiger partial charge is 0.256 e. The van der Waals surface area contributed by atoms with Gasteiger partial charge in [0.05, 0.1) is 5.52 Å². The van der Waals surface area contributed by atoms with Crippen LogP contribution in [0.5, 0.6) is 0 Å². The molecule has 4 nitrogen and oxygen atoms in total. The van der Waals surface area contributed by atoms with Gasteiger partial charge in [0, 0.05) is 24.7 Å². The summed E-state index contributed by atoms with van der Waals surface area (Å²) < 4.78 is 2.04. The van der Waals surface area contributed by atoms with E-state index in [4.69, 9.17) is 0 Å². The number of hydrogen-bond acceptors (Lipinski definition) is 2. The predicted molar refractivity (Wildman–Crippen MR) is 70.0 cm³/mol. The van der Waals surface area contributed by atoms with E-state index in [0.29, 0.717) is 5.39 Å². The molecule has 0 fully saturated rings. The molecule has 1 atom stereocenters. The molecule has 0 unspecified atom stereocenters. The quantitative estimate of drug-likeness (QED) is 0.823. The number of aromatic nitrogens is 1. The summed E-state index contributed by atoms with van der Waals surface area (Å²) in [7, 11) is 1.54. The zero-order valence-corrected chi connectivity index (χ0v) is 10.4. The van der Waals surface area contributed by atoms with Crippen LogP contribution in [0.3, 0.4) is 0 Å². The fourth-order valence-electron chi connectivity index (χ4n) is 2.71. The zero-order chi connectivity index (χ0) is 12.9. The van der Waals surface area contributed by atoms with Gasteiger partial charge in [-0.25, -0.2) is 0 Å². The van der Waals surface area contributed by atoms with Gasteiger partial charge in [-0.3, -0.25) is 9.59 Å². The van der Waals surface area contributed by atoms with E-state index in [2.05, 4.69) is 12.2 Å². The topological polar surface area (TPSA) is 51.1 Å². The van der Waals surface area contributed by atoms with Gasteiger partial charge in [-0.1, -0.05) is 12.1 Å². The van der Waals surface area contributed by atoms with Gasteiger partial charge in [0.1, 0.15) is 5.56 Å². The second-order valence-corrected chi connectivity index (χ2v) is 4.72. The molecule has 0 spiro atoms. The van der Waals surface area contributed by atoms with E-state index < -0.39 is 0 Å². The van der Waals surface area contributed by atoms with Crippen molar-refractivity contribution in [1.29, 1.82) is 0 Å². The Morgan fingerprint density at radius 3 is 2.94 bits per heavy atom. The van der Waals surface area contributed by atoms with Crippen molar-refractivity contribution in [3.8, 4) is 0 Å². The van der Waals surface area contributed by atoms with Gasteiger partial charge < -0.3 is 9.88 Å². The molecule has 0 bridgehead atoms. The second kappa shape index (κ2) is 3.70. The molecule has 2 heterocycles. The second-order valence-electron chi connectivity index (χ2n) is 4.72. The minimum Gasteiger partial charge on any atom is -0.355 e. The Bertz CT molecular complexity index is 716. The lowest BCUT2D eigenvalue weighted by Crippen LogP contribution is -2.26. The number of para-hydroxylation sites is 1. The summed E-state index contributed by atoms with van der Waals surface area (Å²) in [6.45, 7) is 2.09. The first-order valence-corrected chi connectivity index (χ1v) is 6.02. The molecule has 4 heteroatoms. The molecule has 0 radical (unpaired) electrons. The van der Waals surface area contributed by atoms with Crippen molar-refractivity contribution in [3.63, 3.8) is 0 Å². The summed E-state index contributed by atoms with van der Waals surface area (Å²) in [6, 6.07) is 6.01. The molecule has 1 aliphatic rings. The van der Waals surface area contributed by atoms with Crippen LogP contribution < -0.4 is 10.7 Å². The number of rotatable bonds is 1. The van der Waals surface area contributed by atoms with Crippen LogP contribution in [0, 0.1) is 0 Å². The van der Waals surface area contributed by atoms with Gasteiger partial charge in [0.25, 0.3) is 5.91 Å². The number of carbonyl (C=O) groups excluding carboxylic acids is 1. The van der Waals surface area contributed by atoms with Gasteiger partial charge in [0.2, 0.25) is 5.43 Å². The summed E-state index contributed by atoms with van der Waals surface area (Å²) in [6.07, 6.45) is 2.60. The Balaban J connectivity index is 2.44. The fraction of sp³-hybridized carbons (Fsp3) is 0.286. The maximum Gasteiger partial charge on any atom is 0.256 e. The fourth-order valence-corrected chi connectivity index (χ4v) is 2.71. The van der Waals surface area contributed by atoms with E-state index in [-0.39, 0.29) is 22.9 Å². The van der Waals surface area contributed by atoms with Crippen LogP contribution in [-0.4, -0.2) is 17.5 Å². The molecule has 2 aromatic rings.